The number of piperidine rings is 1. The quantitative estimate of drug-likeness (QED) is 0.266. The zero-order valence-electron chi connectivity index (χ0n) is 26.9. The third-order valence-electron chi connectivity index (χ3n) is 10.4. The van der Waals surface area contributed by atoms with E-state index in [-0.39, 0.29) is 17.7 Å². The second-order valence-corrected chi connectivity index (χ2v) is 15.1. The number of aliphatic hydroxyl groups excluding tert-OH is 1. The lowest BCUT2D eigenvalue weighted by Crippen LogP contribution is -2.50. The molecule has 242 valence electrons. The molecule has 3 aromatic rings. The maximum absolute atomic E-state index is 13.9. The molecule has 0 unspecified atom stereocenters. The topological polar surface area (TPSA) is 132 Å². The molecule has 0 aliphatic carbocycles. The van der Waals surface area contributed by atoms with Gasteiger partial charge in [-0.15, -0.1) is 11.3 Å². The first kappa shape index (κ1) is 31.8. The first-order valence-electron chi connectivity index (χ1n) is 16.5. The molecule has 5 heterocycles. The van der Waals surface area contributed by atoms with Gasteiger partial charge in [0.05, 0.1) is 17.7 Å². The summed E-state index contributed by atoms with van der Waals surface area (Å²) in [5, 5.41) is 13.2. The lowest BCUT2D eigenvalue weighted by molar-refractivity contribution is -0.137. The van der Waals surface area contributed by atoms with Crippen molar-refractivity contribution in [3.8, 4) is 11.3 Å². The molecular formula is C35H47N5O4S. The lowest BCUT2D eigenvalue weighted by atomic mass is 9.88. The maximum atomic E-state index is 13.9. The lowest BCUT2D eigenvalue weighted by Gasteiger charge is -2.32. The molecule has 0 spiro atoms. The average Bonchev–Trinajstić information content (AvgIpc) is 3.78. The molecule has 5 N–H and O–H groups in total. The van der Waals surface area contributed by atoms with Crippen LogP contribution in [-0.4, -0.2) is 82.0 Å². The molecule has 0 saturated carbocycles. The molecule has 3 aliphatic heterocycles. The summed E-state index contributed by atoms with van der Waals surface area (Å²) in [6.07, 6.45) is 6.77. The van der Waals surface area contributed by atoms with Crippen LogP contribution in [0.3, 0.4) is 0 Å². The normalized spacial score (nSPS) is 21.5. The second-order valence-electron chi connectivity index (χ2n) is 14.0. The Morgan fingerprint density at radius 2 is 1.64 bits per heavy atom. The Morgan fingerprint density at radius 3 is 2.22 bits per heavy atom. The Bertz CT molecular complexity index is 1560. The number of H-pyrrole nitrogens is 1. The van der Waals surface area contributed by atoms with Crippen LogP contribution in [0.25, 0.3) is 21.5 Å². The van der Waals surface area contributed by atoms with Gasteiger partial charge in [0, 0.05) is 34.8 Å². The van der Waals surface area contributed by atoms with Gasteiger partial charge in [-0.3, -0.25) is 14.4 Å². The number of amides is 3. The Labute approximate surface area is 269 Å². The number of nitrogens with one attached hydrogen (secondary N) is 2. The highest BCUT2D eigenvalue weighted by Gasteiger charge is 2.47. The van der Waals surface area contributed by atoms with Crippen LogP contribution in [0.2, 0.25) is 0 Å². The number of hydrogen-bond acceptors (Lipinski definition) is 6. The molecule has 3 saturated heterocycles. The molecule has 3 aliphatic rings. The van der Waals surface area contributed by atoms with E-state index in [2.05, 4.69) is 72.1 Å². The van der Waals surface area contributed by atoms with Crippen molar-refractivity contribution in [2.45, 2.75) is 96.2 Å². The maximum Gasteiger partial charge on any atom is 0.242 e. The van der Waals surface area contributed by atoms with Crippen LogP contribution < -0.4 is 11.1 Å². The van der Waals surface area contributed by atoms with Gasteiger partial charge in [-0.05, 0) is 115 Å². The van der Waals surface area contributed by atoms with Crippen molar-refractivity contribution in [1.29, 1.82) is 0 Å². The van der Waals surface area contributed by atoms with E-state index in [1.807, 2.05) is 0 Å². The number of primary amides is 1. The van der Waals surface area contributed by atoms with Crippen molar-refractivity contribution in [3.05, 3.63) is 45.8 Å². The molecule has 0 radical (unpaired) electrons. The van der Waals surface area contributed by atoms with E-state index in [4.69, 9.17) is 5.73 Å². The van der Waals surface area contributed by atoms with E-state index in [9.17, 15) is 19.5 Å². The van der Waals surface area contributed by atoms with E-state index in [1.165, 1.54) is 27.6 Å². The third-order valence-corrected chi connectivity index (χ3v) is 11.8. The summed E-state index contributed by atoms with van der Waals surface area (Å²) in [5.74, 6) is -0.889. The van der Waals surface area contributed by atoms with Gasteiger partial charge >= 0.3 is 0 Å². The van der Waals surface area contributed by atoms with Crippen LogP contribution in [0, 0.1) is 19.8 Å². The number of benzene rings is 1. The Hall–Kier alpha value is -3.21. The molecule has 10 heteroatoms. The minimum atomic E-state index is -1.04. The first-order valence-corrected chi connectivity index (χ1v) is 17.3. The SMILES string of the molecule is Cc1cc(C)cc(-c2[nH]c3sc(C(C)(C)C(=O)N4C5CCC4CC5)cc3c2CCN2CCC(C(=O)N[C@@H](CO)C(N)=O)CC2)c1. The van der Waals surface area contributed by atoms with E-state index in [0.717, 1.165) is 67.1 Å². The third kappa shape index (κ3) is 6.16. The van der Waals surface area contributed by atoms with Crippen molar-refractivity contribution in [3.63, 3.8) is 0 Å². The van der Waals surface area contributed by atoms with Crippen LogP contribution in [0.1, 0.15) is 73.9 Å². The number of aryl methyl sites for hydroxylation is 2. The number of hydrogen-bond donors (Lipinski definition) is 4. The molecule has 45 heavy (non-hydrogen) atoms. The number of aromatic amines is 1. The number of aromatic nitrogens is 1. The fourth-order valence-electron chi connectivity index (χ4n) is 7.82. The number of thiophene rings is 1. The minimum absolute atomic E-state index is 0.204. The zero-order valence-corrected chi connectivity index (χ0v) is 27.8. The highest BCUT2D eigenvalue weighted by atomic mass is 32.1. The minimum Gasteiger partial charge on any atom is -0.394 e. The van der Waals surface area contributed by atoms with Gasteiger partial charge in [0.15, 0.2) is 0 Å². The first-order chi connectivity index (χ1) is 21.5. The van der Waals surface area contributed by atoms with E-state index >= 15 is 0 Å². The van der Waals surface area contributed by atoms with E-state index in [1.54, 1.807) is 11.3 Å². The van der Waals surface area contributed by atoms with Crippen molar-refractivity contribution < 1.29 is 19.5 Å². The molecule has 9 nitrogen and oxygen atoms in total. The van der Waals surface area contributed by atoms with Crippen molar-refractivity contribution >= 4 is 39.3 Å². The molecule has 2 bridgehead atoms. The van der Waals surface area contributed by atoms with Gasteiger partial charge in [0.1, 0.15) is 10.9 Å². The molecule has 1 atom stereocenters. The van der Waals surface area contributed by atoms with Crippen molar-refractivity contribution in [2.75, 3.05) is 26.2 Å². The Morgan fingerprint density at radius 1 is 1.02 bits per heavy atom. The summed E-state index contributed by atoms with van der Waals surface area (Å²) in [5.41, 5.74) is 10.7. The van der Waals surface area contributed by atoms with Gasteiger partial charge in [0.25, 0.3) is 0 Å². The van der Waals surface area contributed by atoms with Gasteiger partial charge in [-0.25, -0.2) is 0 Å². The van der Waals surface area contributed by atoms with Gasteiger partial charge in [-0.2, -0.15) is 0 Å². The van der Waals surface area contributed by atoms with Crippen LogP contribution in [0.15, 0.2) is 24.3 Å². The summed E-state index contributed by atoms with van der Waals surface area (Å²) in [4.78, 5) is 48.7. The summed E-state index contributed by atoms with van der Waals surface area (Å²) < 4.78 is 0. The number of likely N-dealkylation sites (tertiary alicyclic amines) is 1. The van der Waals surface area contributed by atoms with Gasteiger partial charge in [0.2, 0.25) is 17.7 Å². The van der Waals surface area contributed by atoms with Crippen LogP contribution >= 0.6 is 11.3 Å². The van der Waals surface area contributed by atoms with Crippen LogP contribution in [-0.2, 0) is 26.2 Å². The summed E-state index contributed by atoms with van der Waals surface area (Å²) in [6.45, 7) is 10.4. The Kier molecular flexibility index (Phi) is 8.84. The number of nitrogens with two attached hydrogens (primary N) is 1. The summed E-state index contributed by atoms with van der Waals surface area (Å²) in [6, 6.07) is 8.70. The van der Waals surface area contributed by atoms with Gasteiger partial charge < -0.3 is 30.9 Å². The van der Waals surface area contributed by atoms with Crippen LogP contribution in [0.5, 0.6) is 0 Å². The molecule has 3 amide bonds. The summed E-state index contributed by atoms with van der Waals surface area (Å²) in [7, 11) is 0. The Balaban J connectivity index is 1.22. The number of fused-ring (bicyclic) bond motifs is 3. The van der Waals surface area contributed by atoms with Crippen molar-refractivity contribution in [1.82, 2.24) is 20.1 Å². The highest BCUT2D eigenvalue weighted by Crippen LogP contribution is 2.44. The fraction of sp³-hybridized carbons (Fsp3) is 0.571. The predicted molar refractivity (Wildman–Crippen MR) is 178 cm³/mol. The monoisotopic (exact) mass is 633 g/mol. The number of nitrogens with zero attached hydrogens (tertiary/aromatic N) is 2. The largest absolute Gasteiger partial charge is 0.394 e. The standard InChI is InChI=1S/C35H47N5O4S/c1-20-15-21(2)17-23(16-20)30-26(11-14-39-12-9-22(10-13-39)32(43)37-28(19-41)31(36)42)27-18-29(45-33(27)38-30)35(3,4)34(44)40-24-5-6-25(40)8-7-24/h15-18,22,24-25,28,38,41H,5-14,19H2,1-4H3,(H2,36,42)(H,37,43)/t24?,25?,28-/m0/s1. The van der Waals surface area contributed by atoms with Crippen LogP contribution in [0.4, 0.5) is 0 Å². The van der Waals surface area contributed by atoms with Gasteiger partial charge in [-0.1, -0.05) is 17.2 Å². The number of aliphatic hydroxyl groups is 1. The molecule has 6 rings (SSSR count). The average molecular weight is 634 g/mol. The summed E-state index contributed by atoms with van der Waals surface area (Å²) >= 11 is 1.71. The zero-order chi connectivity index (χ0) is 32.0. The molecule has 2 aromatic heterocycles. The van der Waals surface area contributed by atoms with Crippen molar-refractivity contribution in [2.24, 2.45) is 11.7 Å². The number of carbonyl (C=O) groups is 3. The number of rotatable bonds is 10. The fourth-order valence-corrected chi connectivity index (χ4v) is 9.01. The highest BCUT2D eigenvalue weighted by molar-refractivity contribution is 7.19. The van der Waals surface area contributed by atoms with E-state index < -0.39 is 24.0 Å². The smallest absolute Gasteiger partial charge is 0.242 e. The number of carbonyl (C=O) groups excluding carboxylic acids is 3. The second kappa shape index (κ2) is 12.5. The predicted octanol–water partition coefficient (Wildman–Crippen LogP) is 4.16. The molecular weight excluding hydrogens is 586 g/mol. The molecule has 1 aromatic carbocycles. The molecule has 3 fully saturated rings. The van der Waals surface area contributed by atoms with E-state index in [0.29, 0.717) is 24.9 Å².